The van der Waals surface area contributed by atoms with E-state index in [9.17, 15) is 0 Å². The van der Waals surface area contributed by atoms with Gasteiger partial charge in [0.25, 0.3) is 0 Å². The number of hydrogen-bond acceptors (Lipinski definition) is 5. The van der Waals surface area contributed by atoms with Gasteiger partial charge in [-0.2, -0.15) is 10.1 Å². The Labute approximate surface area is 141 Å². The summed E-state index contributed by atoms with van der Waals surface area (Å²) in [6.45, 7) is 5.11. The van der Waals surface area contributed by atoms with Crippen LogP contribution in [0.5, 0.6) is 0 Å². The minimum Gasteiger partial charge on any atom is -0.324 e. The molecule has 1 aliphatic heterocycles. The maximum absolute atomic E-state index is 4.64. The molecule has 0 amide bonds. The van der Waals surface area contributed by atoms with E-state index in [1.807, 2.05) is 6.07 Å². The van der Waals surface area contributed by atoms with E-state index < -0.39 is 0 Å². The molecule has 1 aromatic heterocycles. The number of hydrogen-bond donors (Lipinski definition) is 1. The zero-order valence-electron chi connectivity index (χ0n) is 13.8. The number of aryl methyl sites for hydroxylation is 2. The normalized spacial score (nSPS) is 13.0. The first-order valence-corrected chi connectivity index (χ1v) is 8.10. The van der Waals surface area contributed by atoms with Crippen LogP contribution in [0.4, 0.5) is 23.1 Å². The second kappa shape index (κ2) is 5.92. The van der Waals surface area contributed by atoms with Crippen molar-refractivity contribution in [3.05, 3.63) is 65.4 Å². The highest BCUT2D eigenvalue weighted by Crippen LogP contribution is 2.33. The predicted octanol–water partition coefficient (Wildman–Crippen LogP) is 3.93. The molecule has 2 heterocycles. The van der Waals surface area contributed by atoms with Crippen LogP contribution in [0, 0.1) is 13.8 Å². The molecule has 3 aromatic rings. The van der Waals surface area contributed by atoms with E-state index >= 15 is 0 Å². The van der Waals surface area contributed by atoms with Crippen molar-refractivity contribution in [3.8, 4) is 0 Å². The standard InChI is InChI=1S/C19H19N5/c1-13-7-8-16(11-14(13)2)21-19-22-18(12-20-23-19)24-10-9-15-5-3-4-6-17(15)24/h3-8,11-12H,9-10H2,1-2H3,(H,21,22,23). The van der Waals surface area contributed by atoms with E-state index in [1.54, 1.807) is 6.20 Å². The first kappa shape index (κ1) is 14.6. The van der Waals surface area contributed by atoms with Crippen LogP contribution in [0.3, 0.4) is 0 Å². The van der Waals surface area contributed by atoms with Crippen molar-refractivity contribution < 1.29 is 0 Å². The van der Waals surface area contributed by atoms with Gasteiger partial charge in [0.05, 0.1) is 6.20 Å². The van der Waals surface area contributed by atoms with Crippen LogP contribution >= 0.6 is 0 Å². The monoisotopic (exact) mass is 317 g/mol. The molecule has 4 rings (SSSR count). The molecule has 120 valence electrons. The molecule has 1 aliphatic rings. The summed E-state index contributed by atoms with van der Waals surface area (Å²) in [7, 11) is 0. The Balaban J connectivity index is 1.61. The minimum absolute atomic E-state index is 0.514. The van der Waals surface area contributed by atoms with Crippen molar-refractivity contribution >= 4 is 23.1 Å². The van der Waals surface area contributed by atoms with Crippen LogP contribution in [0.2, 0.25) is 0 Å². The SMILES string of the molecule is Cc1ccc(Nc2nncc(N3CCc4ccccc43)n2)cc1C. The lowest BCUT2D eigenvalue weighted by Crippen LogP contribution is -2.16. The van der Waals surface area contributed by atoms with Crippen LogP contribution in [0.1, 0.15) is 16.7 Å². The second-order valence-corrected chi connectivity index (χ2v) is 6.09. The fourth-order valence-electron chi connectivity index (χ4n) is 3.00. The Hall–Kier alpha value is -2.95. The van der Waals surface area contributed by atoms with Crippen molar-refractivity contribution in [2.75, 3.05) is 16.8 Å². The van der Waals surface area contributed by atoms with Gasteiger partial charge in [0, 0.05) is 17.9 Å². The van der Waals surface area contributed by atoms with Gasteiger partial charge >= 0.3 is 0 Å². The van der Waals surface area contributed by atoms with Crippen molar-refractivity contribution in [1.29, 1.82) is 0 Å². The molecular formula is C19H19N5. The maximum atomic E-state index is 4.64. The van der Waals surface area contributed by atoms with Gasteiger partial charge in [0.15, 0.2) is 5.82 Å². The highest BCUT2D eigenvalue weighted by molar-refractivity contribution is 5.68. The zero-order valence-corrected chi connectivity index (χ0v) is 13.8. The van der Waals surface area contributed by atoms with Gasteiger partial charge in [-0.1, -0.05) is 24.3 Å². The highest BCUT2D eigenvalue weighted by Gasteiger charge is 2.21. The molecule has 24 heavy (non-hydrogen) atoms. The van der Waals surface area contributed by atoms with Gasteiger partial charge in [0.1, 0.15) is 0 Å². The molecule has 0 unspecified atom stereocenters. The summed E-state index contributed by atoms with van der Waals surface area (Å²) in [5, 5.41) is 11.5. The van der Waals surface area contributed by atoms with Crippen LogP contribution in [-0.4, -0.2) is 21.7 Å². The Morgan fingerprint density at radius 2 is 1.92 bits per heavy atom. The molecule has 0 saturated carbocycles. The third kappa shape index (κ3) is 2.69. The zero-order chi connectivity index (χ0) is 16.5. The first-order valence-electron chi connectivity index (χ1n) is 8.10. The molecule has 5 nitrogen and oxygen atoms in total. The van der Waals surface area contributed by atoms with Crippen LogP contribution in [-0.2, 0) is 6.42 Å². The van der Waals surface area contributed by atoms with Gasteiger partial charge in [-0.3, -0.25) is 0 Å². The fraction of sp³-hybridized carbons (Fsp3) is 0.211. The molecular weight excluding hydrogens is 298 g/mol. The first-order chi connectivity index (χ1) is 11.7. The van der Waals surface area contributed by atoms with E-state index in [1.165, 1.54) is 22.4 Å². The highest BCUT2D eigenvalue weighted by atomic mass is 15.3. The van der Waals surface area contributed by atoms with Gasteiger partial charge in [-0.05, 0) is 55.2 Å². The Kier molecular flexibility index (Phi) is 3.61. The van der Waals surface area contributed by atoms with E-state index in [0.29, 0.717) is 5.95 Å². The summed E-state index contributed by atoms with van der Waals surface area (Å²) >= 11 is 0. The number of benzene rings is 2. The van der Waals surface area contributed by atoms with Crippen molar-refractivity contribution in [2.45, 2.75) is 20.3 Å². The third-order valence-corrected chi connectivity index (χ3v) is 4.47. The molecule has 0 aliphatic carbocycles. The molecule has 0 saturated heterocycles. The topological polar surface area (TPSA) is 53.9 Å². The van der Waals surface area contributed by atoms with E-state index in [0.717, 1.165) is 24.5 Å². The maximum Gasteiger partial charge on any atom is 0.249 e. The number of para-hydroxylation sites is 1. The summed E-state index contributed by atoms with van der Waals surface area (Å²) < 4.78 is 0. The lowest BCUT2D eigenvalue weighted by Gasteiger charge is -2.18. The van der Waals surface area contributed by atoms with E-state index in [-0.39, 0.29) is 0 Å². The molecule has 1 N–H and O–H groups in total. The summed E-state index contributed by atoms with van der Waals surface area (Å²) in [5.41, 5.74) is 6.02. The van der Waals surface area contributed by atoms with Crippen molar-refractivity contribution in [3.63, 3.8) is 0 Å². The number of aromatic nitrogens is 3. The van der Waals surface area contributed by atoms with Gasteiger partial charge in [-0.25, -0.2) is 0 Å². The Morgan fingerprint density at radius 3 is 2.79 bits per heavy atom. The second-order valence-electron chi connectivity index (χ2n) is 6.09. The smallest absolute Gasteiger partial charge is 0.249 e. The summed E-state index contributed by atoms with van der Waals surface area (Å²) in [6, 6.07) is 14.6. The number of fused-ring (bicyclic) bond motifs is 1. The van der Waals surface area contributed by atoms with Crippen LogP contribution in [0.15, 0.2) is 48.7 Å². The average Bonchev–Trinajstić information content (AvgIpc) is 3.03. The average molecular weight is 317 g/mol. The molecule has 0 bridgehead atoms. The van der Waals surface area contributed by atoms with Crippen LogP contribution in [0.25, 0.3) is 0 Å². The fourth-order valence-corrected chi connectivity index (χ4v) is 3.00. The number of nitrogens with zero attached hydrogens (tertiary/aromatic N) is 4. The number of anilines is 4. The molecule has 2 aromatic carbocycles. The van der Waals surface area contributed by atoms with Crippen LogP contribution < -0.4 is 10.2 Å². The summed E-state index contributed by atoms with van der Waals surface area (Å²) in [5.74, 6) is 1.33. The largest absolute Gasteiger partial charge is 0.324 e. The Morgan fingerprint density at radius 1 is 1.04 bits per heavy atom. The Bertz CT molecular complexity index is 890. The summed E-state index contributed by atoms with van der Waals surface area (Å²) in [6.07, 6.45) is 2.74. The van der Waals surface area contributed by atoms with E-state index in [2.05, 4.69) is 75.6 Å². The molecule has 0 spiro atoms. The van der Waals surface area contributed by atoms with Crippen molar-refractivity contribution in [1.82, 2.24) is 15.2 Å². The minimum atomic E-state index is 0.514. The lowest BCUT2D eigenvalue weighted by molar-refractivity contribution is 0.920. The quantitative estimate of drug-likeness (QED) is 0.793. The lowest BCUT2D eigenvalue weighted by atomic mass is 10.1. The summed E-state index contributed by atoms with van der Waals surface area (Å²) in [4.78, 5) is 6.83. The van der Waals surface area contributed by atoms with E-state index in [4.69, 9.17) is 0 Å². The molecule has 5 heteroatoms. The molecule has 0 atom stereocenters. The molecule has 0 fully saturated rings. The number of rotatable bonds is 3. The third-order valence-electron chi connectivity index (χ3n) is 4.47. The van der Waals surface area contributed by atoms with Gasteiger partial charge < -0.3 is 10.2 Å². The molecule has 0 radical (unpaired) electrons. The van der Waals surface area contributed by atoms with Gasteiger partial charge in [-0.15, -0.1) is 5.10 Å². The van der Waals surface area contributed by atoms with Crippen molar-refractivity contribution in [2.24, 2.45) is 0 Å². The number of nitrogens with one attached hydrogen (secondary N) is 1. The van der Waals surface area contributed by atoms with Gasteiger partial charge in [0.2, 0.25) is 5.95 Å². The predicted molar refractivity (Wildman–Crippen MR) is 96.2 cm³/mol.